The lowest BCUT2D eigenvalue weighted by Crippen LogP contribution is -2.06. The summed E-state index contributed by atoms with van der Waals surface area (Å²) in [5, 5.41) is 4.82. The smallest absolute Gasteiger partial charge is 0.163 e. The number of para-hydroxylation sites is 1. The Bertz CT molecular complexity index is 620. The summed E-state index contributed by atoms with van der Waals surface area (Å²) in [5.74, 6) is 0.535. The van der Waals surface area contributed by atoms with Gasteiger partial charge >= 0.3 is 0 Å². The normalized spacial score (nSPS) is 10.5. The lowest BCUT2D eigenvalue weighted by Gasteiger charge is -2.10. The van der Waals surface area contributed by atoms with E-state index < -0.39 is 0 Å². The second-order valence-corrected chi connectivity index (χ2v) is 4.69. The fourth-order valence-corrected chi connectivity index (χ4v) is 2.08. The summed E-state index contributed by atoms with van der Waals surface area (Å²) in [6.45, 7) is 3.64. The highest BCUT2D eigenvalue weighted by Crippen LogP contribution is 2.23. The van der Waals surface area contributed by atoms with Crippen LogP contribution in [0.25, 0.3) is 0 Å². The summed E-state index contributed by atoms with van der Waals surface area (Å²) in [6, 6.07) is 7.16. The molecule has 1 aromatic heterocycles. The van der Waals surface area contributed by atoms with E-state index in [4.69, 9.17) is 16.3 Å². The second-order valence-electron chi connectivity index (χ2n) is 4.31. The molecule has 0 unspecified atom stereocenters. The summed E-state index contributed by atoms with van der Waals surface area (Å²) >= 11 is 6.15. The third-order valence-electron chi connectivity index (χ3n) is 2.89. The molecule has 0 atom stereocenters. The van der Waals surface area contributed by atoms with Crippen molar-refractivity contribution in [1.29, 1.82) is 0 Å². The molecule has 0 N–H and O–H groups in total. The van der Waals surface area contributed by atoms with Crippen LogP contribution in [0.3, 0.4) is 0 Å². The van der Waals surface area contributed by atoms with Gasteiger partial charge in [-0.1, -0.05) is 23.7 Å². The van der Waals surface area contributed by atoms with E-state index in [0.29, 0.717) is 16.3 Å². The van der Waals surface area contributed by atoms with Gasteiger partial charge in [0.1, 0.15) is 12.4 Å². The van der Waals surface area contributed by atoms with Crippen LogP contribution in [0.15, 0.2) is 24.3 Å². The molecule has 100 valence electrons. The van der Waals surface area contributed by atoms with Crippen molar-refractivity contribution in [2.75, 3.05) is 0 Å². The summed E-state index contributed by atoms with van der Waals surface area (Å²) in [6.07, 6.45) is 0. The molecule has 0 aliphatic heterocycles. The van der Waals surface area contributed by atoms with Gasteiger partial charge in [0.2, 0.25) is 0 Å². The van der Waals surface area contributed by atoms with Crippen LogP contribution in [-0.4, -0.2) is 15.6 Å². The van der Waals surface area contributed by atoms with Crippen LogP contribution >= 0.6 is 11.6 Å². The average Bonchev–Trinajstić information content (AvgIpc) is 2.61. The van der Waals surface area contributed by atoms with Crippen LogP contribution in [0, 0.1) is 6.92 Å². The van der Waals surface area contributed by atoms with E-state index in [1.165, 1.54) is 6.92 Å². The molecule has 2 aromatic rings. The van der Waals surface area contributed by atoms with Crippen LogP contribution in [0.5, 0.6) is 5.75 Å². The SMILES string of the molecule is CC(=O)c1ccccc1OCc1c(Cl)c(C)nn1C. The third kappa shape index (κ3) is 2.79. The zero-order chi connectivity index (χ0) is 14.0. The lowest BCUT2D eigenvalue weighted by atomic mass is 10.1. The number of ketones is 1. The van der Waals surface area contributed by atoms with Gasteiger partial charge < -0.3 is 4.74 Å². The van der Waals surface area contributed by atoms with Gasteiger partial charge in [-0.2, -0.15) is 5.10 Å². The Morgan fingerprint density at radius 2 is 2.11 bits per heavy atom. The number of aromatic nitrogens is 2. The van der Waals surface area contributed by atoms with Crippen molar-refractivity contribution >= 4 is 17.4 Å². The van der Waals surface area contributed by atoms with E-state index in [1.54, 1.807) is 16.8 Å². The number of Topliss-reactive ketones (excluding diaryl/α,β-unsaturated/α-hetero) is 1. The third-order valence-corrected chi connectivity index (χ3v) is 3.38. The maximum Gasteiger partial charge on any atom is 0.163 e. The minimum Gasteiger partial charge on any atom is -0.486 e. The molecule has 0 spiro atoms. The van der Waals surface area contributed by atoms with Crippen LogP contribution in [0.2, 0.25) is 5.02 Å². The number of hydrogen-bond donors (Lipinski definition) is 0. The van der Waals surface area contributed by atoms with Crippen molar-refractivity contribution in [1.82, 2.24) is 9.78 Å². The standard InChI is InChI=1S/C14H15ClN2O2/c1-9-14(15)12(17(3)16-9)8-19-13-7-5-4-6-11(13)10(2)18/h4-7H,8H2,1-3H3. The number of rotatable bonds is 4. The fourth-order valence-electron chi connectivity index (χ4n) is 1.87. The number of benzene rings is 1. The van der Waals surface area contributed by atoms with Crippen molar-refractivity contribution in [3.63, 3.8) is 0 Å². The summed E-state index contributed by atoms with van der Waals surface area (Å²) in [4.78, 5) is 11.5. The molecule has 0 aliphatic rings. The average molecular weight is 279 g/mol. The molecule has 0 amide bonds. The van der Waals surface area contributed by atoms with E-state index in [9.17, 15) is 4.79 Å². The van der Waals surface area contributed by atoms with E-state index in [1.807, 2.05) is 26.1 Å². The van der Waals surface area contributed by atoms with Crippen molar-refractivity contribution in [2.24, 2.45) is 7.05 Å². The number of carbonyl (C=O) groups excluding carboxylic acids is 1. The van der Waals surface area contributed by atoms with Crippen LogP contribution in [0.1, 0.15) is 28.7 Å². The Morgan fingerprint density at radius 3 is 2.68 bits per heavy atom. The highest BCUT2D eigenvalue weighted by Gasteiger charge is 2.13. The largest absolute Gasteiger partial charge is 0.486 e. The van der Waals surface area contributed by atoms with Gasteiger partial charge in [0.25, 0.3) is 0 Å². The number of halogens is 1. The molecule has 4 nitrogen and oxygen atoms in total. The Hall–Kier alpha value is -1.81. The maximum absolute atomic E-state index is 11.5. The minimum absolute atomic E-state index is 0.0251. The van der Waals surface area contributed by atoms with Crippen molar-refractivity contribution in [2.45, 2.75) is 20.5 Å². The van der Waals surface area contributed by atoms with Crippen LogP contribution in [-0.2, 0) is 13.7 Å². The molecule has 1 aromatic carbocycles. The van der Waals surface area contributed by atoms with Gasteiger partial charge in [-0.25, -0.2) is 0 Å². The molecule has 19 heavy (non-hydrogen) atoms. The molecule has 0 fully saturated rings. The molecular weight excluding hydrogens is 264 g/mol. The van der Waals surface area contributed by atoms with Gasteiger partial charge in [-0.05, 0) is 26.0 Å². The summed E-state index contributed by atoms with van der Waals surface area (Å²) in [7, 11) is 1.81. The number of hydrogen-bond acceptors (Lipinski definition) is 3. The van der Waals surface area contributed by atoms with Crippen molar-refractivity contribution in [3.05, 3.63) is 46.2 Å². The first-order chi connectivity index (χ1) is 9.00. The monoisotopic (exact) mass is 278 g/mol. The molecule has 2 rings (SSSR count). The van der Waals surface area contributed by atoms with Crippen LogP contribution in [0.4, 0.5) is 0 Å². The number of ether oxygens (including phenoxy) is 1. The van der Waals surface area contributed by atoms with Crippen molar-refractivity contribution in [3.8, 4) is 5.75 Å². The Kier molecular flexibility index (Phi) is 3.90. The molecule has 0 aliphatic carbocycles. The Balaban J connectivity index is 2.22. The minimum atomic E-state index is -0.0251. The lowest BCUT2D eigenvalue weighted by molar-refractivity contribution is 0.101. The fraction of sp³-hybridized carbons (Fsp3) is 0.286. The maximum atomic E-state index is 11.5. The molecule has 1 heterocycles. The zero-order valence-electron chi connectivity index (χ0n) is 11.1. The van der Waals surface area contributed by atoms with E-state index >= 15 is 0 Å². The van der Waals surface area contributed by atoms with E-state index in [0.717, 1.165) is 11.4 Å². The molecular formula is C14H15ClN2O2. The molecule has 0 radical (unpaired) electrons. The number of carbonyl (C=O) groups is 1. The van der Waals surface area contributed by atoms with Gasteiger partial charge in [-0.3, -0.25) is 9.48 Å². The summed E-state index contributed by atoms with van der Waals surface area (Å²) < 4.78 is 7.38. The second kappa shape index (κ2) is 5.45. The molecule has 5 heteroatoms. The highest BCUT2D eigenvalue weighted by atomic mass is 35.5. The zero-order valence-corrected chi connectivity index (χ0v) is 11.9. The van der Waals surface area contributed by atoms with Gasteiger partial charge in [-0.15, -0.1) is 0 Å². The van der Waals surface area contributed by atoms with E-state index in [-0.39, 0.29) is 12.4 Å². The Labute approximate surface area is 116 Å². The topological polar surface area (TPSA) is 44.1 Å². The van der Waals surface area contributed by atoms with Gasteiger partial charge in [0.15, 0.2) is 5.78 Å². The van der Waals surface area contributed by atoms with Gasteiger partial charge in [0, 0.05) is 7.05 Å². The predicted molar refractivity (Wildman–Crippen MR) is 73.7 cm³/mol. The molecule has 0 bridgehead atoms. The van der Waals surface area contributed by atoms with Gasteiger partial charge in [0.05, 0.1) is 22.0 Å². The van der Waals surface area contributed by atoms with E-state index in [2.05, 4.69) is 5.10 Å². The first-order valence-corrected chi connectivity index (χ1v) is 6.29. The van der Waals surface area contributed by atoms with Crippen molar-refractivity contribution < 1.29 is 9.53 Å². The quantitative estimate of drug-likeness (QED) is 0.807. The number of aryl methyl sites for hydroxylation is 2. The predicted octanol–water partition coefficient (Wildman–Crippen LogP) is 3.16. The van der Waals surface area contributed by atoms with Crippen LogP contribution < -0.4 is 4.74 Å². The first-order valence-electron chi connectivity index (χ1n) is 5.91. The first kappa shape index (κ1) is 13.6. The molecule has 0 saturated heterocycles. The Morgan fingerprint density at radius 1 is 1.42 bits per heavy atom. The highest BCUT2D eigenvalue weighted by molar-refractivity contribution is 6.31. The molecule has 0 saturated carbocycles. The number of nitrogens with zero attached hydrogens (tertiary/aromatic N) is 2. The summed E-state index contributed by atoms with van der Waals surface area (Å²) in [5.41, 5.74) is 2.12.